The van der Waals surface area contributed by atoms with Crippen LogP contribution >= 0.6 is 0 Å². The number of aliphatic carboxylic acids is 1. The van der Waals surface area contributed by atoms with Gasteiger partial charge in [-0.1, -0.05) is 18.2 Å². The summed E-state index contributed by atoms with van der Waals surface area (Å²) in [6, 6.07) is 9.68. The van der Waals surface area contributed by atoms with E-state index in [2.05, 4.69) is 10.2 Å². The fraction of sp³-hybridized carbons (Fsp3) is 0.400. The highest BCUT2D eigenvalue weighted by Crippen LogP contribution is 2.30. The van der Waals surface area contributed by atoms with Crippen molar-refractivity contribution in [3.8, 4) is 5.69 Å². The molecule has 1 aromatic heterocycles. The van der Waals surface area contributed by atoms with Crippen molar-refractivity contribution in [3.05, 3.63) is 42.2 Å². The molecule has 110 valence electrons. The number of benzene rings is 1. The lowest BCUT2D eigenvalue weighted by atomic mass is 10.3. The number of carboxylic acids is 1. The van der Waals surface area contributed by atoms with E-state index in [0.717, 1.165) is 17.9 Å². The topological polar surface area (TPSA) is 71.2 Å². The van der Waals surface area contributed by atoms with Gasteiger partial charge in [0.25, 0.3) is 0 Å². The van der Waals surface area contributed by atoms with E-state index in [1.54, 1.807) is 11.0 Å². The maximum atomic E-state index is 10.9. The van der Waals surface area contributed by atoms with Crippen molar-refractivity contribution >= 4 is 5.97 Å². The van der Waals surface area contributed by atoms with Gasteiger partial charge in [0.2, 0.25) is 0 Å². The lowest BCUT2D eigenvalue weighted by Crippen LogP contribution is -2.31. The zero-order valence-corrected chi connectivity index (χ0v) is 11.7. The van der Waals surface area contributed by atoms with Gasteiger partial charge in [0, 0.05) is 13.1 Å². The Balaban J connectivity index is 1.68. The van der Waals surface area contributed by atoms with Gasteiger partial charge in [0.1, 0.15) is 0 Å². The van der Waals surface area contributed by atoms with Crippen LogP contribution in [-0.4, -0.2) is 44.1 Å². The monoisotopic (exact) mass is 286 g/mol. The molecule has 6 nitrogen and oxygen atoms in total. The van der Waals surface area contributed by atoms with Crippen LogP contribution in [0.15, 0.2) is 36.5 Å². The second-order valence-electron chi connectivity index (χ2n) is 5.47. The summed E-state index contributed by atoms with van der Waals surface area (Å²) in [5.41, 5.74) is 1.69. The van der Waals surface area contributed by atoms with Crippen LogP contribution in [-0.2, 0) is 11.3 Å². The minimum atomic E-state index is -0.800. The van der Waals surface area contributed by atoms with Crippen molar-refractivity contribution in [3.63, 3.8) is 0 Å². The van der Waals surface area contributed by atoms with Crippen molar-refractivity contribution in [1.82, 2.24) is 19.9 Å². The maximum absolute atomic E-state index is 10.9. The summed E-state index contributed by atoms with van der Waals surface area (Å²) in [5.74, 6) is -0.153. The average molecular weight is 286 g/mol. The summed E-state index contributed by atoms with van der Waals surface area (Å²) in [6.45, 7) is 1.40. The summed E-state index contributed by atoms with van der Waals surface area (Å²) < 4.78 is 0. The molecule has 1 saturated carbocycles. The molecular weight excluding hydrogens is 268 g/mol. The Morgan fingerprint density at radius 3 is 2.76 bits per heavy atom. The molecule has 0 spiro atoms. The zero-order valence-electron chi connectivity index (χ0n) is 11.7. The van der Waals surface area contributed by atoms with Crippen LogP contribution in [0.4, 0.5) is 0 Å². The molecule has 0 unspecified atom stereocenters. The summed E-state index contributed by atoms with van der Waals surface area (Å²) >= 11 is 0. The Labute approximate surface area is 123 Å². The molecule has 1 aliphatic rings. The Bertz CT molecular complexity index is 607. The standard InChI is InChI=1S/C15H18N4O2/c20-15(21)11-18(9-12-6-7-12)10-13-8-16-19(17-13)14-4-2-1-3-5-14/h1-5,8,12H,6-7,9-11H2,(H,20,21). The second-order valence-corrected chi connectivity index (χ2v) is 5.47. The molecule has 0 amide bonds. The van der Waals surface area contributed by atoms with Gasteiger partial charge in [0.15, 0.2) is 0 Å². The molecule has 1 aromatic carbocycles. The highest BCUT2D eigenvalue weighted by molar-refractivity contribution is 5.69. The number of carboxylic acid groups (broad SMARTS) is 1. The molecule has 3 rings (SSSR count). The molecule has 1 fully saturated rings. The lowest BCUT2D eigenvalue weighted by molar-refractivity contribution is -0.138. The fourth-order valence-corrected chi connectivity index (χ4v) is 2.32. The van der Waals surface area contributed by atoms with Crippen LogP contribution in [0.1, 0.15) is 18.5 Å². The predicted octanol–water partition coefficient (Wildman–Crippen LogP) is 1.56. The Morgan fingerprint density at radius 1 is 1.33 bits per heavy atom. The van der Waals surface area contributed by atoms with Crippen LogP contribution < -0.4 is 0 Å². The zero-order chi connectivity index (χ0) is 14.7. The first-order valence-corrected chi connectivity index (χ1v) is 7.11. The van der Waals surface area contributed by atoms with Gasteiger partial charge >= 0.3 is 5.97 Å². The molecule has 0 saturated heterocycles. The number of hydrogen-bond acceptors (Lipinski definition) is 4. The van der Waals surface area contributed by atoms with Crippen molar-refractivity contribution in [2.24, 2.45) is 5.92 Å². The van der Waals surface area contributed by atoms with E-state index in [0.29, 0.717) is 12.5 Å². The van der Waals surface area contributed by atoms with Crippen LogP contribution in [0.2, 0.25) is 0 Å². The number of rotatable bonds is 7. The molecular formula is C15H18N4O2. The Morgan fingerprint density at radius 2 is 2.10 bits per heavy atom. The number of para-hydroxylation sites is 1. The highest BCUT2D eigenvalue weighted by Gasteiger charge is 2.25. The van der Waals surface area contributed by atoms with Crippen molar-refractivity contribution in [2.75, 3.05) is 13.1 Å². The molecule has 0 atom stereocenters. The molecule has 2 aromatic rings. The third-order valence-corrected chi connectivity index (χ3v) is 3.48. The molecule has 0 radical (unpaired) electrons. The highest BCUT2D eigenvalue weighted by atomic mass is 16.4. The summed E-state index contributed by atoms with van der Waals surface area (Å²) in [6.07, 6.45) is 4.11. The Kier molecular flexibility index (Phi) is 3.96. The van der Waals surface area contributed by atoms with Gasteiger partial charge in [-0.3, -0.25) is 9.69 Å². The molecule has 6 heteroatoms. The molecule has 1 N–H and O–H groups in total. The van der Waals surface area contributed by atoms with Crippen molar-refractivity contribution in [1.29, 1.82) is 0 Å². The van der Waals surface area contributed by atoms with Crippen LogP contribution in [0.25, 0.3) is 5.69 Å². The smallest absolute Gasteiger partial charge is 0.317 e. The molecule has 0 aliphatic heterocycles. The van der Waals surface area contributed by atoms with E-state index in [-0.39, 0.29) is 6.54 Å². The van der Waals surface area contributed by atoms with Gasteiger partial charge in [0.05, 0.1) is 24.1 Å². The largest absolute Gasteiger partial charge is 0.480 e. The summed E-state index contributed by atoms with van der Waals surface area (Å²) in [7, 11) is 0. The first-order valence-electron chi connectivity index (χ1n) is 7.11. The third kappa shape index (κ3) is 3.88. The van der Waals surface area contributed by atoms with Gasteiger partial charge < -0.3 is 5.11 Å². The van der Waals surface area contributed by atoms with E-state index >= 15 is 0 Å². The number of nitrogens with zero attached hydrogens (tertiary/aromatic N) is 4. The van der Waals surface area contributed by atoms with E-state index in [1.165, 1.54) is 12.8 Å². The second kappa shape index (κ2) is 6.05. The minimum absolute atomic E-state index is 0.0503. The van der Waals surface area contributed by atoms with Gasteiger partial charge in [-0.05, 0) is 30.9 Å². The predicted molar refractivity (Wildman–Crippen MR) is 77.0 cm³/mol. The molecule has 1 heterocycles. The molecule has 21 heavy (non-hydrogen) atoms. The minimum Gasteiger partial charge on any atom is -0.480 e. The maximum Gasteiger partial charge on any atom is 0.317 e. The number of carbonyl (C=O) groups is 1. The van der Waals surface area contributed by atoms with E-state index in [4.69, 9.17) is 5.11 Å². The quantitative estimate of drug-likeness (QED) is 0.836. The van der Waals surface area contributed by atoms with E-state index in [1.807, 2.05) is 35.2 Å². The van der Waals surface area contributed by atoms with E-state index < -0.39 is 5.97 Å². The normalized spacial score (nSPS) is 14.5. The van der Waals surface area contributed by atoms with Crippen molar-refractivity contribution in [2.45, 2.75) is 19.4 Å². The number of hydrogen-bond donors (Lipinski definition) is 1. The van der Waals surface area contributed by atoms with Gasteiger partial charge in [-0.2, -0.15) is 15.0 Å². The lowest BCUT2D eigenvalue weighted by Gasteiger charge is -2.18. The third-order valence-electron chi connectivity index (χ3n) is 3.48. The van der Waals surface area contributed by atoms with Crippen molar-refractivity contribution < 1.29 is 9.90 Å². The first-order chi connectivity index (χ1) is 10.2. The van der Waals surface area contributed by atoms with Crippen LogP contribution in [0, 0.1) is 5.92 Å². The SMILES string of the molecule is O=C(O)CN(Cc1cnn(-c2ccccc2)n1)CC1CC1. The first kappa shape index (κ1) is 13.8. The fourth-order valence-electron chi connectivity index (χ4n) is 2.32. The van der Waals surface area contributed by atoms with Gasteiger partial charge in [-0.25, -0.2) is 0 Å². The Hall–Kier alpha value is -2.21. The van der Waals surface area contributed by atoms with E-state index in [9.17, 15) is 4.79 Å². The molecule has 0 bridgehead atoms. The summed E-state index contributed by atoms with van der Waals surface area (Å²) in [5, 5.41) is 17.7. The van der Waals surface area contributed by atoms with Crippen LogP contribution in [0.5, 0.6) is 0 Å². The summed E-state index contributed by atoms with van der Waals surface area (Å²) in [4.78, 5) is 14.5. The molecule has 1 aliphatic carbocycles. The number of aromatic nitrogens is 3. The average Bonchev–Trinajstić information content (AvgIpc) is 3.15. The van der Waals surface area contributed by atoms with Gasteiger partial charge in [-0.15, -0.1) is 0 Å². The van der Waals surface area contributed by atoms with Crippen LogP contribution in [0.3, 0.4) is 0 Å².